The number of ether oxygens (including phenoxy) is 2. The number of aliphatic hydroxyl groups is 2. The molecule has 7 rings (SSSR count). The summed E-state index contributed by atoms with van der Waals surface area (Å²) in [5, 5.41) is 22.6. The Morgan fingerprint density at radius 1 is 1.13 bits per heavy atom. The van der Waals surface area contributed by atoms with Crippen LogP contribution in [-0.4, -0.2) is 58.0 Å². The lowest BCUT2D eigenvalue weighted by molar-refractivity contribution is -0.235. The molecule has 1 heterocycles. The molecule has 3 saturated carbocycles. The predicted octanol–water partition coefficient (Wildman–Crippen LogP) is 6.58. The Labute approximate surface area is 276 Å². The summed E-state index contributed by atoms with van der Waals surface area (Å²) >= 11 is 7.84. The fourth-order valence-electron chi connectivity index (χ4n) is 9.36. The third-order valence-electron chi connectivity index (χ3n) is 11.7. The minimum Gasteiger partial charge on any atom is -0.390 e. The number of carbonyl (C=O) groups is 2. The van der Waals surface area contributed by atoms with Gasteiger partial charge in [-0.15, -0.1) is 11.8 Å². The second kappa shape index (κ2) is 11.1. The molecule has 10 heteroatoms. The van der Waals surface area contributed by atoms with Crippen LogP contribution in [0.25, 0.3) is 0 Å². The van der Waals surface area contributed by atoms with Crippen molar-refractivity contribution in [3.8, 4) is 0 Å². The summed E-state index contributed by atoms with van der Waals surface area (Å²) in [5.41, 5.74) is -3.84. The number of alkyl halides is 2. The molecule has 2 aromatic rings. The molecular weight excluding hydrogens is 634 g/mol. The van der Waals surface area contributed by atoms with Crippen molar-refractivity contribution < 1.29 is 38.1 Å². The second-order valence-corrected chi connectivity index (χ2v) is 15.4. The lowest BCUT2D eigenvalue weighted by Gasteiger charge is -2.63. The van der Waals surface area contributed by atoms with Gasteiger partial charge in [-0.25, -0.2) is 8.78 Å². The van der Waals surface area contributed by atoms with Gasteiger partial charge in [0.15, 0.2) is 29.1 Å². The molecule has 10 atom stereocenters. The van der Waals surface area contributed by atoms with Crippen molar-refractivity contribution in [1.82, 2.24) is 0 Å². The largest absolute Gasteiger partial charge is 0.390 e. The molecule has 1 aliphatic heterocycles. The number of thioether (sulfide) groups is 1. The van der Waals surface area contributed by atoms with Crippen molar-refractivity contribution in [2.45, 2.75) is 86.6 Å². The number of allylic oxidation sites excluding steroid dienone is 4. The standard InChI is InChI=1S/C36H37ClF2O6S/c1-19-12-23(8-9-27(19)37)46-18-20-4-6-21(7-5-20)32-44-31-15-24-25-14-28(38)26-13-22(41)10-11-33(26,2)35(25,39)29(42)16-34(24,3)36(31,45-32)30(43)17-40/h4-13,24-25,28-29,31-32,40,42H,14-18H2,1-3H3/t24-,25-,28-,29-,31+,32-,33-,34-,35-,36+/m0/s1. The Hall–Kier alpha value is -2.40. The normalized spacial score (nSPS) is 41.0. The Kier molecular flexibility index (Phi) is 7.74. The monoisotopic (exact) mass is 670 g/mol. The predicted molar refractivity (Wildman–Crippen MR) is 170 cm³/mol. The van der Waals surface area contributed by atoms with Crippen LogP contribution in [0.3, 0.4) is 0 Å². The summed E-state index contributed by atoms with van der Waals surface area (Å²) in [6.45, 7) is 4.46. The molecule has 4 aliphatic carbocycles. The minimum atomic E-state index is -2.29. The van der Waals surface area contributed by atoms with Gasteiger partial charge in [-0.2, -0.15) is 0 Å². The number of aryl methyl sites for hydroxylation is 1. The zero-order chi connectivity index (χ0) is 32.8. The van der Waals surface area contributed by atoms with Crippen molar-refractivity contribution in [1.29, 1.82) is 0 Å². The van der Waals surface area contributed by atoms with Gasteiger partial charge in [-0.1, -0.05) is 48.9 Å². The van der Waals surface area contributed by atoms with Crippen LogP contribution in [0.2, 0.25) is 5.02 Å². The lowest BCUT2D eigenvalue weighted by Crippen LogP contribution is -2.70. The van der Waals surface area contributed by atoms with E-state index in [-0.39, 0.29) is 24.8 Å². The van der Waals surface area contributed by atoms with Crippen LogP contribution in [0, 0.1) is 29.6 Å². The number of ketones is 2. The van der Waals surface area contributed by atoms with Gasteiger partial charge < -0.3 is 19.7 Å². The summed E-state index contributed by atoms with van der Waals surface area (Å²) in [5.74, 6) is -1.87. The van der Waals surface area contributed by atoms with Crippen LogP contribution in [0.1, 0.15) is 56.1 Å². The molecule has 4 fully saturated rings. The first kappa shape index (κ1) is 32.2. The highest BCUT2D eigenvalue weighted by Gasteiger charge is 2.80. The molecule has 2 N–H and O–H groups in total. The van der Waals surface area contributed by atoms with Gasteiger partial charge in [-0.3, -0.25) is 9.59 Å². The van der Waals surface area contributed by atoms with Crippen LogP contribution in [0.4, 0.5) is 8.78 Å². The topological polar surface area (TPSA) is 93.1 Å². The molecule has 0 aromatic heterocycles. The Morgan fingerprint density at radius 3 is 2.57 bits per heavy atom. The van der Waals surface area contributed by atoms with E-state index in [0.29, 0.717) is 5.56 Å². The number of carbonyl (C=O) groups excluding carboxylic acids is 2. The zero-order valence-electron chi connectivity index (χ0n) is 25.8. The van der Waals surface area contributed by atoms with Crippen molar-refractivity contribution in [2.24, 2.45) is 22.7 Å². The van der Waals surface area contributed by atoms with Crippen molar-refractivity contribution in [3.05, 3.63) is 88.0 Å². The van der Waals surface area contributed by atoms with E-state index in [1.807, 2.05) is 49.4 Å². The molecule has 0 unspecified atom stereocenters. The summed E-state index contributed by atoms with van der Waals surface area (Å²) < 4.78 is 46.4. The van der Waals surface area contributed by atoms with Crippen LogP contribution < -0.4 is 0 Å². The quantitative estimate of drug-likeness (QED) is 0.335. The Morgan fingerprint density at radius 2 is 1.87 bits per heavy atom. The van der Waals surface area contributed by atoms with E-state index < -0.39 is 76.8 Å². The molecule has 2 aromatic carbocycles. The fourth-order valence-corrected chi connectivity index (χ4v) is 10.4. The van der Waals surface area contributed by atoms with Crippen molar-refractivity contribution >= 4 is 34.9 Å². The highest BCUT2D eigenvalue weighted by atomic mass is 35.5. The Bertz CT molecular complexity index is 1660. The maximum atomic E-state index is 17.6. The molecule has 0 amide bonds. The van der Waals surface area contributed by atoms with E-state index in [2.05, 4.69) is 0 Å². The molecule has 46 heavy (non-hydrogen) atoms. The van der Waals surface area contributed by atoms with E-state index in [9.17, 15) is 19.8 Å². The summed E-state index contributed by atoms with van der Waals surface area (Å²) in [4.78, 5) is 27.0. The molecule has 244 valence electrons. The molecule has 0 spiro atoms. The summed E-state index contributed by atoms with van der Waals surface area (Å²) in [6.07, 6.45) is -1.38. The zero-order valence-corrected chi connectivity index (χ0v) is 27.4. The van der Waals surface area contributed by atoms with E-state index in [4.69, 9.17) is 21.1 Å². The SMILES string of the molecule is Cc1cc(SCc2ccc([C@H]3O[C@@H]4C[C@H]5[C@@H]6C[C@H](F)C7=CC(=O)C=C[C@]7(C)[C@@]6(F)[C@@H](O)C[C@]5(C)[C@]4(C(=O)CO)O3)cc2)ccc1Cl. The van der Waals surface area contributed by atoms with E-state index in [1.165, 1.54) is 12.2 Å². The van der Waals surface area contributed by atoms with Gasteiger partial charge in [0, 0.05) is 38.0 Å². The van der Waals surface area contributed by atoms with Gasteiger partial charge in [-0.05, 0) is 86.1 Å². The average molecular weight is 671 g/mol. The lowest BCUT2D eigenvalue weighted by atomic mass is 9.44. The highest BCUT2D eigenvalue weighted by molar-refractivity contribution is 7.98. The number of halogens is 3. The molecule has 0 radical (unpaired) electrons. The maximum absolute atomic E-state index is 17.6. The summed E-state index contributed by atoms with van der Waals surface area (Å²) in [7, 11) is 0. The summed E-state index contributed by atoms with van der Waals surface area (Å²) in [6, 6.07) is 13.6. The highest BCUT2D eigenvalue weighted by Crippen LogP contribution is 2.72. The van der Waals surface area contributed by atoms with Crippen LogP contribution in [0.15, 0.2) is 71.2 Å². The van der Waals surface area contributed by atoms with Crippen molar-refractivity contribution in [2.75, 3.05) is 6.61 Å². The minimum absolute atomic E-state index is 0.0402. The van der Waals surface area contributed by atoms with Gasteiger partial charge in [0.25, 0.3) is 0 Å². The second-order valence-electron chi connectivity index (χ2n) is 13.9. The third kappa shape index (κ3) is 4.35. The number of fused-ring (bicyclic) bond motifs is 7. The van der Waals surface area contributed by atoms with E-state index >= 15 is 8.78 Å². The van der Waals surface area contributed by atoms with Gasteiger partial charge in [0.2, 0.25) is 0 Å². The molecular formula is C36H37ClF2O6S. The smallest absolute Gasteiger partial charge is 0.193 e. The van der Waals surface area contributed by atoms with Gasteiger partial charge in [0.1, 0.15) is 12.8 Å². The first-order chi connectivity index (χ1) is 21.8. The molecule has 1 saturated heterocycles. The van der Waals surface area contributed by atoms with Crippen LogP contribution in [0.5, 0.6) is 0 Å². The first-order valence-electron chi connectivity index (χ1n) is 15.7. The first-order valence-corrected chi connectivity index (χ1v) is 17.1. The maximum Gasteiger partial charge on any atom is 0.193 e. The van der Waals surface area contributed by atoms with Gasteiger partial charge >= 0.3 is 0 Å². The molecule has 6 nitrogen and oxygen atoms in total. The number of hydrogen-bond acceptors (Lipinski definition) is 7. The number of benzene rings is 2. The van der Waals surface area contributed by atoms with Crippen LogP contribution >= 0.6 is 23.4 Å². The number of aliphatic hydroxyl groups excluding tert-OH is 2. The number of Topliss-reactive ketones (excluding diaryl/α,β-unsaturated/α-hetero) is 1. The number of hydrogen-bond donors (Lipinski definition) is 2. The van der Waals surface area contributed by atoms with E-state index in [0.717, 1.165) is 32.9 Å². The Balaban J connectivity index is 1.16. The molecule has 0 bridgehead atoms. The van der Waals surface area contributed by atoms with Crippen molar-refractivity contribution in [3.63, 3.8) is 0 Å². The van der Waals surface area contributed by atoms with Gasteiger partial charge in [0.05, 0.1) is 12.2 Å². The molecule has 5 aliphatic rings. The fraction of sp³-hybridized carbons (Fsp3) is 0.500. The van der Waals surface area contributed by atoms with Crippen LogP contribution in [-0.2, 0) is 24.8 Å². The number of rotatable bonds is 6. The average Bonchev–Trinajstić information content (AvgIpc) is 3.53. The van der Waals surface area contributed by atoms with E-state index in [1.54, 1.807) is 25.6 Å². The third-order valence-corrected chi connectivity index (χ3v) is 13.2.